The zero-order valence-electron chi connectivity index (χ0n) is 8.54. The molecule has 0 fully saturated rings. The van der Waals surface area contributed by atoms with Crippen molar-refractivity contribution in [3.05, 3.63) is 32.8 Å². The zero-order valence-corrected chi connectivity index (χ0v) is 9.35. The summed E-state index contributed by atoms with van der Waals surface area (Å²) in [7, 11) is 0. The maximum atomic E-state index is 11.0. The van der Waals surface area contributed by atoms with Crippen molar-refractivity contribution in [3.8, 4) is 0 Å². The van der Waals surface area contributed by atoms with E-state index in [4.69, 9.17) is 10.6 Å². The van der Waals surface area contributed by atoms with Crippen molar-refractivity contribution in [1.82, 2.24) is 5.32 Å². The summed E-state index contributed by atoms with van der Waals surface area (Å²) in [4.78, 5) is 14.4. The SMILES string of the molecule is [N-]=[N+]=NCCCNC(C(=O)O)c1cccs1. The van der Waals surface area contributed by atoms with Crippen LogP contribution in [0.5, 0.6) is 0 Å². The lowest BCUT2D eigenvalue weighted by atomic mass is 10.2. The van der Waals surface area contributed by atoms with E-state index in [1.807, 2.05) is 11.4 Å². The van der Waals surface area contributed by atoms with Crippen LogP contribution in [-0.2, 0) is 4.79 Å². The second-order valence-corrected chi connectivity index (χ2v) is 4.03. The molecule has 2 N–H and O–H groups in total. The number of hydrogen-bond donors (Lipinski definition) is 2. The summed E-state index contributed by atoms with van der Waals surface area (Å²) in [6.45, 7) is 0.883. The van der Waals surface area contributed by atoms with E-state index in [2.05, 4.69) is 15.3 Å². The van der Waals surface area contributed by atoms with Gasteiger partial charge in [0.1, 0.15) is 6.04 Å². The van der Waals surface area contributed by atoms with Crippen molar-refractivity contribution in [3.63, 3.8) is 0 Å². The number of azide groups is 1. The Balaban J connectivity index is 2.41. The second-order valence-electron chi connectivity index (χ2n) is 3.05. The maximum Gasteiger partial charge on any atom is 0.326 e. The molecule has 7 heteroatoms. The van der Waals surface area contributed by atoms with E-state index in [1.54, 1.807) is 6.07 Å². The Morgan fingerprint density at radius 1 is 1.75 bits per heavy atom. The van der Waals surface area contributed by atoms with Gasteiger partial charge in [-0.2, -0.15) is 0 Å². The summed E-state index contributed by atoms with van der Waals surface area (Å²) in [5.41, 5.74) is 8.06. The van der Waals surface area contributed by atoms with E-state index in [-0.39, 0.29) is 0 Å². The summed E-state index contributed by atoms with van der Waals surface area (Å²) in [6.07, 6.45) is 0.624. The number of carbonyl (C=O) groups is 1. The lowest BCUT2D eigenvalue weighted by Crippen LogP contribution is -2.28. The van der Waals surface area contributed by atoms with Crippen LogP contribution in [0.1, 0.15) is 17.3 Å². The molecule has 0 spiro atoms. The number of nitrogens with one attached hydrogen (secondary N) is 1. The van der Waals surface area contributed by atoms with Crippen LogP contribution in [-0.4, -0.2) is 24.2 Å². The normalized spacial score (nSPS) is 11.8. The van der Waals surface area contributed by atoms with Crippen LogP contribution in [0.2, 0.25) is 0 Å². The molecule has 1 atom stereocenters. The van der Waals surface area contributed by atoms with Crippen LogP contribution in [0.15, 0.2) is 22.6 Å². The van der Waals surface area contributed by atoms with E-state index in [9.17, 15) is 4.79 Å². The zero-order chi connectivity index (χ0) is 11.8. The molecule has 1 heterocycles. The first-order chi connectivity index (χ1) is 7.75. The summed E-state index contributed by atoms with van der Waals surface area (Å²) >= 11 is 1.40. The van der Waals surface area contributed by atoms with Gasteiger partial charge in [0.2, 0.25) is 0 Å². The fraction of sp³-hybridized carbons (Fsp3) is 0.444. The van der Waals surface area contributed by atoms with Crippen LogP contribution in [0, 0.1) is 0 Å². The van der Waals surface area contributed by atoms with Gasteiger partial charge in [-0.3, -0.25) is 4.79 Å². The minimum absolute atomic E-state index is 0.375. The maximum absolute atomic E-state index is 11.0. The third-order valence-electron chi connectivity index (χ3n) is 1.92. The number of carboxylic acid groups (broad SMARTS) is 1. The van der Waals surface area contributed by atoms with Gasteiger partial charge in [-0.1, -0.05) is 11.2 Å². The quantitative estimate of drug-likeness (QED) is 0.330. The monoisotopic (exact) mass is 240 g/mol. The molecule has 0 saturated heterocycles. The molecule has 86 valence electrons. The molecule has 6 nitrogen and oxygen atoms in total. The Kier molecular flexibility index (Phi) is 5.35. The van der Waals surface area contributed by atoms with Crippen molar-refractivity contribution in [2.24, 2.45) is 5.11 Å². The summed E-state index contributed by atoms with van der Waals surface area (Å²) < 4.78 is 0. The molecule has 0 saturated carbocycles. The topological polar surface area (TPSA) is 98.1 Å². The van der Waals surface area contributed by atoms with Crippen molar-refractivity contribution >= 4 is 17.3 Å². The molecule has 0 radical (unpaired) electrons. The molecule has 0 aliphatic carbocycles. The molecular weight excluding hydrogens is 228 g/mol. The van der Waals surface area contributed by atoms with Crippen LogP contribution in [0.3, 0.4) is 0 Å². The summed E-state index contributed by atoms with van der Waals surface area (Å²) in [6, 6.07) is 2.92. The van der Waals surface area contributed by atoms with Crippen molar-refractivity contribution in [2.45, 2.75) is 12.5 Å². The first-order valence-corrected chi connectivity index (χ1v) is 5.64. The van der Waals surface area contributed by atoms with Gasteiger partial charge in [-0.15, -0.1) is 11.3 Å². The van der Waals surface area contributed by atoms with Gasteiger partial charge in [0, 0.05) is 16.3 Å². The van der Waals surface area contributed by atoms with E-state index >= 15 is 0 Å². The number of hydrogen-bond acceptors (Lipinski definition) is 4. The first kappa shape index (κ1) is 12.5. The van der Waals surface area contributed by atoms with Gasteiger partial charge in [-0.25, -0.2) is 0 Å². The molecule has 0 aromatic carbocycles. The fourth-order valence-corrected chi connectivity index (χ4v) is 2.00. The minimum Gasteiger partial charge on any atom is -0.480 e. The molecule has 0 aliphatic heterocycles. The summed E-state index contributed by atoms with van der Waals surface area (Å²) in [5.74, 6) is -0.897. The third-order valence-corrected chi connectivity index (χ3v) is 2.86. The standard InChI is InChI=1S/C9H12N4O2S/c10-13-12-5-2-4-11-8(9(14)15)7-3-1-6-16-7/h1,3,6,8,11H,2,4-5H2,(H,14,15). The van der Waals surface area contributed by atoms with Crippen molar-refractivity contribution in [2.75, 3.05) is 13.1 Å². The smallest absolute Gasteiger partial charge is 0.326 e. The number of thiophene rings is 1. The third kappa shape index (κ3) is 3.90. The van der Waals surface area contributed by atoms with Crippen LogP contribution >= 0.6 is 11.3 Å². The molecule has 0 aliphatic rings. The van der Waals surface area contributed by atoms with Crippen molar-refractivity contribution in [1.29, 1.82) is 0 Å². The predicted molar refractivity (Wildman–Crippen MR) is 61.3 cm³/mol. The van der Waals surface area contributed by atoms with Gasteiger partial charge in [0.25, 0.3) is 0 Å². The Hall–Kier alpha value is -1.56. The predicted octanol–water partition coefficient (Wildman–Crippen LogP) is 2.16. The fourth-order valence-electron chi connectivity index (χ4n) is 1.21. The molecule has 0 amide bonds. The Labute approximate surface area is 96.5 Å². The molecule has 1 aromatic rings. The van der Waals surface area contributed by atoms with Gasteiger partial charge >= 0.3 is 5.97 Å². The van der Waals surface area contributed by atoms with E-state index in [0.29, 0.717) is 19.5 Å². The van der Waals surface area contributed by atoms with Crippen LogP contribution in [0.25, 0.3) is 10.4 Å². The number of nitrogens with zero attached hydrogens (tertiary/aromatic N) is 3. The van der Waals surface area contributed by atoms with Gasteiger partial charge in [0.15, 0.2) is 0 Å². The highest BCUT2D eigenvalue weighted by atomic mass is 32.1. The highest BCUT2D eigenvalue weighted by Gasteiger charge is 2.19. The molecule has 1 aromatic heterocycles. The van der Waals surface area contributed by atoms with E-state index in [0.717, 1.165) is 4.88 Å². The molecule has 1 rings (SSSR count). The lowest BCUT2D eigenvalue weighted by Gasteiger charge is -2.11. The molecule has 0 bridgehead atoms. The lowest BCUT2D eigenvalue weighted by molar-refractivity contribution is -0.139. The molecule has 16 heavy (non-hydrogen) atoms. The highest BCUT2D eigenvalue weighted by molar-refractivity contribution is 7.10. The van der Waals surface area contributed by atoms with Gasteiger partial charge in [0.05, 0.1) is 0 Å². The largest absolute Gasteiger partial charge is 0.480 e. The number of aliphatic carboxylic acids is 1. The summed E-state index contributed by atoms with van der Waals surface area (Å²) in [5, 5.41) is 17.1. The van der Waals surface area contributed by atoms with Crippen molar-refractivity contribution < 1.29 is 9.90 Å². The van der Waals surface area contributed by atoms with Crippen LogP contribution < -0.4 is 5.32 Å². The molecule has 1 unspecified atom stereocenters. The van der Waals surface area contributed by atoms with Crippen LogP contribution in [0.4, 0.5) is 0 Å². The van der Waals surface area contributed by atoms with E-state index in [1.165, 1.54) is 11.3 Å². The number of rotatable bonds is 7. The second kappa shape index (κ2) is 6.84. The van der Waals surface area contributed by atoms with Gasteiger partial charge < -0.3 is 10.4 Å². The molecular formula is C9H12N4O2S. The highest BCUT2D eigenvalue weighted by Crippen LogP contribution is 2.18. The number of carboxylic acids is 1. The Morgan fingerprint density at radius 2 is 2.56 bits per heavy atom. The average Bonchev–Trinajstić information content (AvgIpc) is 2.76. The average molecular weight is 240 g/mol. The van der Waals surface area contributed by atoms with E-state index < -0.39 is 12.0 Å². The first-order valence-electron chi connectivity index (χ1n) is 4.76. The van der Waals surface area contributed by atoms with Gasteiger partial charge in [-0.05, 0) is 29.9 Å². The minimum atomic E-state index is -0.897. The Bertz CT molecular complexity index is 373. The Morgan fingerprint density at radius 3 is 3.12 bits per heavy atom.